The first-order valence-electron chi connectivity index (χ1n) is 11.6. The van der Waals surface area contributed by atoms with Crippen molar-refractivity contribution in [3.63, 3.8) is 0 Å². The lowest BCUT2D eigenvalue weighted by Gasteiger charge is -2.11. The van der Waals surface area contributed by atoms with Crippen molar-refractivity contribution in [3.05, 3.63) is 66.4 Å². The second kappa shape index (κ2) is 8.52. The molecule has 1 unspecified atom stereocenters. The zero-order chi connectivity index (χ0) is 23.9. The van der Waals surface area contributed by atoms with Crippen LogP contribution < -0.4 is 15.8 Å². The van der Waals surface area contributed by atoms with Crippen LogP contribution >= 0.6 is 0 Å². The summed E-state index contributed by atoms with van der Waals surface area (Å²) in [6.45, 7) is 2.98. The van der Waals surface area contributed by atoms with E-state index in [9.17, 15) is 0 Å². The predicted molar refractivity (Wildman–Crippen MR) is 133 cm³/mol. The van der Waals surface area contributed by atoms with Gasteiger partial charge in [0.05, 0.1) is 34.7 Å². The van der Waals surface area contributed by atoms with Crippen LogP contribution in [0.2, 0.25) is 0 Å². The molecular formula is C26H25N7O2. The molecule has 1 atom stereocenters. The number of hydrogen-bond donors (Lipinski definition) is 2. The molecule has 0 radical (unpaired) electrons. The van der Waals surface area contributed by atoms with Crippen LogP contribution in [-0.2, 0) is 7.05 Å². The average molecular weight is 468 g/mol. The van der Waals surface area contributed by atoms with Crippen LogP contribution in [0.4, 0.5) is 5.82 Å². The number of fused-ring (bicyclic) bond motifs is 1. The van der Waals surface area contributed by atoms with Crippen molar-refractivity contribution in [2.24, 2.45) is 7.05 Å². The van der Waals surface area contributed by atoms with E-state index < -0.39 is 0 Å². The topological polar surface area (TPSA) is 117 Å². The third-order valence-corrected chi connectivity index (χ3v) is 6.35. The fourth-order valence-corrected chi connectivity index (χ4v) is 4.42. The molecule has 1 fully saturated rings. The molecule has 4 heterocycles. The van der Waals surface area contributed by atoms with Gasteiger partial charge >= 0.3 is 0 Å². The molecule has 0 aliphatic carbocycles. The van der Waals surface area contributed by atoms with Crippen LogP contribution in [-0.4, -0.2) is 31.0 Å². The predicted octanol–water partition coefficient (Wildman–Crippen LogP) is 4.79. The van der Waals surface area contributed by atoms with Crippen LogP contribution in [0.1, 0.15) is 30.1 Å². The number of aryl methyl sites for hydroxylation is 2. The molecule has 0 amide bonds. The first-order valence-corrected chi connectivity index (χ1v) is 11.6. The summed E-state index contributed by atoms with van der Waals surface area (Å²) in [6.07, 6.45) is 7.32. The zero-order valence-corrected chi connectivity index (χ0v) is 19.5. The Morgan fingerprint density at radius 2 is 2.06 bits per heavy atom. The summed E-state index contributed by atoms with van der Waals surface area (Å²) in [5.41, 5.74) is 11.5. The number of nitrogens with zero attached hydrogens (tertiary/aromatic N) is 5. The van der Waals surface area contributed by atoms with Gasteiger partial charge in [0.2, 0.25) is 5.89 Å². The van der Waals surface area contributed by atoms with Crippen molar-refractivity contribution in [1.29, 1.82) is 0 Å². The first kappa shape index (κ1) is 21.3. The van der Waals surface area contributed by atoms with E-state index in [0.29, 0.717) is 23.1 Å². The summed E-state index contributed by atoms with van der Waals surface area (Å²) in [5.74, 6) is 2.77. The summed E-state index contributed by atoms with van der Waals surface area (Å²) in [4.78, 5) is 18.0. The van der Waals surface area contributed by atoms with E-state index in [1.54, 1.807) is 18.8 Å². The monoisotopic (exact) mass is 467 g/mol. The molecule has 6 rings (SSSR count). The highest BCUT2D eigenvalue weighted by Crippen LogP contribution is 2.32. The minimum Gasteiger partial charge on any atom is -0.457 e. The lowest BCUT2D eigenvalue weighted by molar-refractivity contribution is 0.479. The van der Waals surface area contributed by atoms with Gasteiger partial charge in [0.15, 0.2) is 5.82 Å². The molecule has 35 heavy (non-hydrogen) atoms. The van der Waals surface area contributed by atoms with Gasteiger partial charge in [-0.3, -0.25) is 0 Å². The molecule has 1 aliphatic rings. The maximum absolute atomic E-state index is 6.27. The first-order chi connectivity index (χ1) is 17.0. The quantitative estimate of drug-likeness (QED) is 0.379. The summed E-state index contributed by atoms with van der Waals surface area (Å²) < 4.78 is 13.8. The highest BCUT2D eigenvalue weighted by Gasteiger charge is 2.21. The normalized spacial score (nSPS) is 15.7. The standard InChI is InChI=1S/C26H25N7O2/c1-15-10-16(5-8-23(15)35-17-6-7-22-20(11-17)30-14-33(22)2)25-29-12-18(24(27)32-25)26-31-21(13-34-26)19-4-3-9-28-19/h5-8,10-14,19,28H,3-4,9H2,1-2H3,(H2,27,29,32). The Morgan fingerprint density at radius 1 is 1.14 bits per heavy atom. The number of benzene rings is 2. The average Bonchev–Trinajstić information content (AvgIpc) is 3.62. The van der Waals surface area contributed by atoms with Gasteiger partial charge < -0.3 is 24.8 Å². The SMILES string of the molecule is Cc1cc(-c2ncc(-c3nc(C4CCCN4)co3)c(N)n2)ccc1Oc1ccc2c(c1)ncn2C. The molecule has 9 nitrogen and oxygen atoms in total. The smallest absolute Gasteiger partial charge is 0.231 e. The van der Waals surface area contributed by atoms with Crippen LogP contribution in [0.25, 0.3) is 33.9 Å². The number of nitrogens with one attached hydrogen (secondary N) is 1. The summed E-state index contributed by atoms with van der Waals surface area (Å²) in [7, 11) is 1.97. The number of rotatable bonds is 5. The van der Waals surface area contributed by atoms with Gasteiger partial charge in [-0.25, -0.2) is 19.9 Å². The van der Waals surface area contributed by atoms with Gasteiger partial charge in [0.1, 0.15) is 23.6 Å². The lowest BCUT2D eigenvalue weighted by Crippen LogP contribution is -2.13. The molecule has 176 valence electrons. The minimum absolute atomic E-state index is 0.225. The molecule has 0 spiro atoms. The van der Waals surface area contributed by atoms with E-state index in [1.165, 1.54) is 0 Å². The third kappa shape index (κ3) is 4.00. The van der Waals surface area contributed by atoms with Crippen LogP contribution in [0.5, 0.6) is 11.5 Å². The molecule has 1 aliphatic heterocycles. The van der Waals surface area contributed by atoms with E-state index in [2.05, 4.69) is 25.3 Å². The summed E-state index contributed by atoms with van der Waals surface area (Å²) in [6, 6.07) is 11.9. The molecule has 3 aromatic heterocycles. The number of imidazole rings is 1. The van der Waals surface area contributed by atoms with Crippen molar-refractivity contribution >= 4 is 16.9 Å². The van der Waals surface area contributed by atoms with Crippen molar-refractivity contribution in [3.8, 4) is 34.3 Å². The van der Waals surface area contributed by atoms with Crippen LogP contribution in [0.3, 0.4) is 0 Å². The van der Waals surface area contributed by atoms with Gasteiger partial charge in [-0.15, -0.1) is 0 Å². The van der Waals surface area contributed by atoms with E-state index >= 15 is 0 Å². The number of ether oxygens (including phenoxy) is 1. The van der Waals surface area contributed by atoms with Gasteiger partial charge in [0, 0.05) is 24.9 Å². The van der Waals surface area contributed by atoms with Crippen molar-refractivity contribution in [1.82, 2.24) is 29.8 Å². The van der Waals surface area contributed by atoms with Crippen molar-refractivity contribution < 1.29 is 9.15 Å². The Kier molecular flexibility index (Phi) is 5.18. The van der Waals surface area contributed by atoms with E-state index in [-0.39, 0.29) is 6.04 Å². The number of aromatic nitrogens is 5. The summed E-state index contributed by atoms with van der Waals surface area (Å²) >= 11 is 0. The minimum atomic E-state index is 0.225. The van der Waals surface area contributed by atoms with Crippen LogP contribution in [0, 0.1) is 6.92 Å². The number of hydrogen-bond acceptors (Lipinski definition) is 8. The zero-order valence-electron chi connectivity index (χ0n) is 19.5. The largest absolute Gasteiger partial charge is 0.457 e. The Balaban J connectivity index is 1.23. The Morgan fingerprint density at radius 3 is 2.86 bits per heavy atom. The molecule has 0 saturated carbocycles. The van der Waals surface area contributed by atoms with Crippen molar-refractivity contribution in [2.75, 3.05) is 12.3 Å². The second-order valence-corrected chi connectivity index (χ2v) is 8.81. The number of anilines is 1. The van der Waals surface area contributed by atoms with E-state index in [0.717, 1.165) is 58.7 Å². The molecule has 3 N–H and O–H groups in total. The van der Waals surface area contributed by atoms with Gasteiger partial charge in [-0.2, -0.15) is 0 Å². The van der Waals surface area contributed by atoms with Crippen LogP contribution in [0.15, 0.2) is 59.6 Å². The highest BCUT2D eigenvalue weighted by atomic mass is 16.5. The maximum atomic E-state index is 6.27. The number of oxazole rings is 1. The molecule has 9 heteroatoms. The Bertz CT molecular complexity index is 1530. The molecule has 5 aromatic rings. The second-order valence-electron chi connectivity index (χ2n) is 8.81. The fourth-order valence-electron chi connectivity index (χ4n) is 4.42. The molecule has 2 aromatic carbocycles. The van der Waals surface area contributed by atoms with Crippen molar-refractivity contribution in [2.45, 2.75) is 25.8 Å². The Labute approximate surface area is 202 Å². The van der Waals surface area contributed by atoms with Gasteiger partial charge in [0.25, 0.3) is 0 Å². The maximum Gasteiger partial charge on any atom is 0.231 e. The summed E-state index contributed by atoms with van der Waals surface area (Å²) in [5, 5.41) is 3.42. The fraction of sp³-hybridized carbons (Fsp3) is 0.231. The molecular weight excluding hydrogens is 442 g/mol. The third-order valence-electron chi connectivity index (χ3n) is 6.35. The molecule has 0 bridgehead atoms. The van der Waals surface area contributed by atoms with Gasteiger partial charge in [-0.1, -0.05) is 0 Å². The number of nitrogens with two attached hydrogens (primary N) is 1. The van der Waals surface area contributed by atoms with E-state index in [1.807, 2.05) is 54.9 Å². The highest BCUT2D eigenvalue weighted by molar-refractivity contribution is 5.77. The number of nitrogen functional groups attached to an aromatic ring is 1. The van der Waals surface area contributed by atoms with E-state index in [4.69, 9.17) is 14.9 Å². The Hall–Kier alpha value is -4.24. The van der Waals surface area contributed by atoms with Gasteiger partial charge in [-0.05, 0) is 62.2 Å². The lowest BCUT2D eigenvalue weighted by atomic mass is 10.1. The molecule has 1 saturated heterocycles.